The van der Waals surface area contributed by atoms with Crippen molar-refractivity contribution >= 4 is 0 Å². The molecular weight excluding hydrogens is 210 g/mol. The molecule has 2 rings (SSSR count). The Bertz CT molecular complexity index is 436. The number of rotatable bonds is 2. The molecular formula is C15H19NO. The van der Waals surface area contributed by atoms with Gasteiger partial charge in [0.15, 0.2) is 0 Å². The molecule has 2 N–H and O–H groups in total. The van der Waals surface area contributed by atoms with Crippen molar-refractivity contribution in [2.75, 3.05) is 6.54 Å². The van der Waals surface area contributed by atoms with E-state index in [4.69, 9.17) is 10.5 Å². The molecule has 0 aromatic heterocycles. The molecule has 1 aromatic rings. The molecule has 0 bridgehead atoms. The highest BCUT2D eigenvalue weighted by Gasteiger charge is 2.17. The van der Waals surface area contributed by atoms with Gasteiger partial charge in [0.05, 0.1) is 18.2 Å². The molecule has 1 aliphatic carbocycles. The molecule has 0 radical (unpaired) electrons. The van der Waals surface area contributed by atoms with E-state index >= 15 is 0 Å². The minimum absolute atomic E-state index is 0.371. The van der Waals surface area contributed by atoms with Gasteiger partial charge in [-0.3, -0.25) is 0 Å². The molecule has 0 amide bonds. The lowest BCUT2D eigenvalue weighted by atomic mass is 10.1. The van der Waals surface area contributed by atoms with Crippen LogP contribution in [0.1, 0.15) is 36.8 Å². The van der Waals surface area contributed by atoms with Gasteiger partial charge in [-0.25, -0.2) is 0 Å². The average molecular weight is 229 g/mol. The number of hydrogen-bond acceptors (Lipinski definition) is 2. The first-order valence-corrected chi connectivity index (χ1v) is 6.26. The fraction of sp³-hybridized carbons (Fsp3) is 0.467. The third-order valence-electron chi connectivity index (χ3n) is 3.06. The summed E-state index contributed by atoms with van der Waals surface area (Å²) in [4.78, 5) is 0. The Balaban J connectivity index is 2.19. The van der Waals surface area contributed by atoms with Crippen LogP contribution in [0.25, 0.3) is 0 Å². The normalized spacial score (nSPS) is 15.4. The second kappa shape index (κ2) is 5.75. The van der Waals surface area contributed by atoms with E-state index in [1.807, 2.05) is 6.07 Å². The van der Waals surface area contributed by atoms with E-state index in [0.29, 0.717) is 12.6 Å². The van der Waals surface area contributed by atoms with Gasteiger partial charge in [0.1, 0.15) is 5.75 Å². The van der Waals surface area contributed by atoms with Gasteiger partial charge in [-0.2, -0.15) is 0 Å². The summed E-state index contributed by atoms with van der Waals surface area (Å²) in [5.74, 6) is 6.89. The smallest absolute Gasteiger partial charge is 0.135 e. The highest BCUT2D eigenvalue weighted by Crippen LogP contribution is 2.26. The number of hydrogen-bond donors (Lipinski definition) is 1. The van der Waals surface area contributed by atoms with E-state index in [9.17, 15) is 0 Å². The van der Waals surface area contributed by atoms with Crippen LogP contribution in [0, 0.1) is 18.8 Å². The van der Waals surface area contributed by atoms with E-state index in [0.717, 1.165) is 24.2 Å². The lowest BCUT2D eigenvalue weighted by Gasteiger charge is -2.14. The molecule has 0 unspecified atom stereocenters. The van der Waals surface area contributed by atoms with Gasteiger partial charge in [0.25, 0.3) is 0 Å². The topological polar surface area (TPSA) is 35.2 Å². The van der Waals surface area contributed by atoms with Crippen molar-refractivity contribution < 1.29 is 4.74 Å². The van der Waals surface area contributed by atoms with Crippen molar-refractivity contribution in [2.24, 2.45) is 5.73 Å². The predicted octanol–water partition coefficient (Wildman–Crippen LogP) is 2.63. The standard InChI is InChI=1S/C15H19NO/c1-12-8-9-15(13(11-12)5-4-10-16)17-14-6-2-3-7-14/h8-9,11,14H,2-3,6-7,10,16H2,1H3. The predicted molar refractivity (Wildman–Crippen MR) is 70.0 cm³/mol. The second-order valence-electron chi connectivity index (χ2n) is 4.53. The van der Waals surface area contributed by atoms with Crippen molar-refractivity contribution in [1.29, 1.82) is 0 Å². The summed E-state index contributed by atoms with van der Waals surface area (Å²) in [6.45, 7) is 2.45. The Labute approximate surface area is 103 Å². The Morgan fingerprint density at radius 1 is 1.35 bits per heavy atom. The van der Waals surface area contributed by atoms with Gasteiger partial charge in [0.2, 0.25) is 0 Å². The molecule has 2 nitrogen and oxygen atoms in total. The van der Waals surface area contributed by atoms with Gasteiger partial charge in [0, 0.05) is 0 Å². The summed E-state index contributed by atoms with van der Waals surface area (Å²) in [5, 5.41) is 0. The molecule has 0 aliphatic heterocycles. The van der Waals surface area contributed by atoms with E-state index < -0.39 is 0 Å². The van der Waals surface area contributed by atoms with Crippen LogP contribution in [0.4, 0.5) is 0 Å². The van der Waals surface area contributed by atoms with Crippen molar-refractivity contribution in [3.63, 3.8) is 0 Å². The van der Waals surface area contributed by atoms with Gasteiger partial charge in [-0.05, 0) is 50.3 Å². The Kier molecular flexibility index (Phi) is 4.06. The molecule has 0 saturated heterocycles. The molecule has 1 saturated carbocycles. The first-order valence-electron chi connectivity index (χ1n) is 6.26. The maximum absolute atomic E-state index is 6.02. The molecule has 0 spiro atoms. The van der Waals surface area contributed by atoms with Crippen LogP contribution < -0.4 is 10.5 Å². The SMILES string of the molecule is Cc1ccc(OC2CCCC2)c(C#CCN)c1. The number of ether oxygens (including phenoxy) is 1. The number of aryl methyl sites for hydroxylation is 1. The highest BCUT2D eigenvalue weighted by molar-refractivity contribution is 5.48. The fourth-order valence-electron chi connectivity index (χ4n) is 2.18. The van der Waals surface area contributed by atoms with Crippen LogP contribution in [0.5, 0.6) is 5.75 Å². The maximum Gasteiger partial charge on any atom is 0.135 e. The molecule has 1 aromatic carbocycles. The second-order valence-corrected chi connectivity index (χ2v) is 4.53. The van der Waals surface area contributed by atoms with Crippen molar-refractivity contribution in [1.82, 2.24) is 0 Å². The summed E-state index contributed by atoms with van der Waals surface area (Å²) >= 11 is 0. The van der Waals surface area contributed by atoms with Crippen LogP contribution >= 0.6 is 0 Å². The van der Waals surface area contributed by atoms with E-state index in [-0.39, 0.29) is 0 Å². The van der Waals surface area contributed by atoms with Crippen molar-refractivity contribution in [3.8, 4) is 17.6 Å². The third-order valence-corrected chi connectivity index (χ3v) is 3.06. The monoisotopic (exact) mass is 229 g/mol. The number of nitrogens with two attached hydrogens (primary N) is 1. The molecule has 0 heterocycles. The van der Waals surface area contributed by atoms with Crippen LogP contribution in [-0.4, -0.2) is 12.6 Å². The quantitative estimate of drug-likeness (QED) is 0.791. The van der Waals surface area contributed by atoms with Gasteiger partial charge in [-0.15, -0.1) is 0 Å². The zero-order chi connectivity index (χ0) is 12.1. The van der Waals surface area contributed by atoms with Crippen LogP contribution in [0.2, 0.25) is 0 Å². The third kappa shape index (κ3) is 3.25. The first kappa shape index (κ1) is 12.0. The minimum Gasteiger partial charge on any atom is -0.489 e. The first-order chi connectivity index (χ1) is 8.29. The zero-order valence-corrected chi connectivity index (χ0v) is 10.3. The summed E-state index contributed by atoms with van der Waals surface area (Å²) in [6, 6.07) is 6.15. The van der Waals surface area contributed by atoms with Crippen molar-refractivity contribution in [2.45, 2.75) is 38.7 Å². The summed E-state index contributed by atoms with van der Waals surface area (Å²) < 4.78 is 6.02. The van der Waals surface area contributed by atoms with E-state index in [2.05, 4.69) is 30.9 Å². The van der Waals surface area contributed by atoms with Gasteiger partial charge < -0.3 is 10.5 Å². The van der Waals surface area contributed by atoms with Gasteiger partial charge >= 0.3 is 0 Å². The Hall–Kier alpha value is -1.46. The van der Waals surface area contributed by atoms with Crippen LogP contribution in [0.15, 0.2) is 18.2 Å². The average Bonchev–Trinajstić information content (AvgIpc) is 2.82. The molecule has 1 aliphatic rings. The van der Waals surface area contributed by atoms with E-state index in [1.54, 1.807) is 0 Å². The minimum atomic E-state index is 0.371. The number of benzene rings is 1. The molecule has 90 valence electrons. The highest BCUT2D eigenvalue weighted by atomic mass is 16.5. The van der Waals surface area contributed by atoms with Crippen molar-refractivity contribution in [3.05, 3.63) is 29.3 Å². The summed E-state index contributed by atoms with van der Waals surface area (Å²) in [5.41, 5.74) is 7.57. The summed E-state index contributed by atoms with van der Waals surface area (Å²) in [7, 11) is 0. The van der Waals surface area contributed by atoms with Gasteiger partial charge in [-0.1, -0.05) is 17.9 Å². The summed E-state index contributed by atoms with van der Waals surface area (Å²) in [6.07, 6.45) is 5.26. The fourth-order valence-corrected chi connectivity index (χ4v) is 2.18. The maximum atomic E-state index is 6.02. The lowest BCUT2D eigenvalue weighted by Crippen LogP contribution is -2.11. The van der Waals surface area contributed by atoms with Crippen LogP contribution in [-0.2, 0) is 0 Å². The van der Waals surface area contributed by atoms with E-state index in [1.165, 1.54) is 18.4 Å². The van der Waals surface area contributed by atoms with Crippen LogP contribution in [0.3, 0.4) is 0 Å². The largest absolute Gasteiger partial charge is 0.489 e. The molecule has 0 atom stereocenters. The Morgan fingerprint density at radius 2 is 2.12 bits per heavy atom. The molecule has 17 heavy (non-hydrogen) atoms. The Morgan fingerprint density at radius 3 is 2.82 bits per heavy atom. The zero-order valence-electron chi connectivity index (χ0n) is 10.3. The lowest BCUT2D eigenvalue weighted by molar-refractivity contribution is 0.209. The molecule has 1 fully saturated rings. The molecule has 2 heteroatoms.